The van der Waals surface area contributed by atoms with E-state index in [-0.39, 0.29) is 10.6 Å². The Morgan fingerprint density at radius 1 is 0.914 bits per heavy atom. The highest BCUT2D eigenvalue weighted by Gasteiger charge is 2.31. The largest absolute Gasteiger partial charge is 0.480 e. The van der Waals surface area contributed by atoms with Gasteiger partial charge in [0.05, 0.1) is 10.5 Å². The molecule has 0 aromatic heterocycles. The first-order valence-electron chi connectivity index (χ1n) is 10.5. The number of fused-ring (bicyclic) bond motifs is 3. The van der Waals surface area contributed by atoms with Gasteiger partial charge in [-0.05, 0) is 53.1 Å². The first-order chi connectivity index (χ1) is 16.7. The van der Waals surface area contributed by atoms with Gasteiger partial charge in [0.1, 0.15) is 17.6 Å². The van der Waals surface area contributed by atoms with Crippen LogP contribution in [0.2, 0.25) is 5.02 Å². The molecule has 1 atom stereocenters. The maximum Gasteiger partial charge on any atom is 0.387 e. The summed E-state index contributed by atoms with van der Waals surface area (Å²) in [5.41, 5.74) is 3.34. The summed E-state index contributed by atoms with van der Waals surface area (Å²) >= 11 is 6.23. The molecule has 5 rings (SSSR count). The Labute approximate surface area is 205 Å². The third kappa shape index (κ3) is 4.48. The first kappa shape index (κ1) is 23.3. The summed E-state index contributed by atoms with van der Waals surface area (Å²) in [6.07, 6.45) is -0.639. The fraction of sp³-hybridized carbons (Fsp3) is 0.0769. The summed E-state index contributed by atoms with van der Waals surface area (Å²) in [4.78, 5) is -0.0295. The minimum Gasteiger partial charge on any atom is -0.480 e. The van der Waals surface area contributed by atoms with Crippen LogP contribution in [0.4, 0.5) is 8.78 Å². The molecule has 0 saturated carbocycles. The molecule has 5 nitrogen and oxygen atoms in total. The van der Waals surface area contributed by atoms with E-state index in [9.17, 15) is 17.2 Å². The lowest BCUT2D eigenvalue weighted by Crippen LogP contribution is -2.17. The third-order valence-electron chi connectivity index (χ3n) is 5.71. The van der Waals surface area contributed by atoms with Crippen LogP contribution in [-0.2, 0) is 10.0 Å². The van der Waals surface area contributed by atoms with Crippen LogP contribution < -0.4 is 14.6 Å². The van der Waals surface area contributed by atoms with Crippen molar-refractivity contribution in [1.29, 1.82) is 0 Å². The Hall–Kier alpha value is -3.46. The van der Waals surface area contributed by atoms with Crippen molar-refractivity contribution in [3.8, 4) is 33.8 Å². The second-order valence-electron chi connectivity index (χ2n) is 7.90. The highest BCUT2D eigenvalue weighted by molar-refractivity contribution is 7.89. The molecule has 1 unspecified atom stereocenters. The number of rotatable bonds is 5. The predicted octanol–water partition coefficient (Wildman–Crippen LogP) is 6.40. The molecule has 1 heterocycles. The molecule has 9 heteroatoms. The first-order valence-corrected chi connectivity index (χ1v) is 12.4. The van der Waals surface area contributed by atoms with E-state index in [4.69, 9.17) is 26.2 Å². The van der Waals surface area contributed by atoms with E-state index < -0.39 is 22.7 Å². The van der Waals surface area contributed by atoms with E-state index in [2.05, 4.69) is 0 Å². The van der Waals surface area contributed by atoms with E-state index >= 15 is 0 Å². The second kappa shape index (κ2) is 8.96. The fourth-order valence-corrected chi connectivity index (χ4v) is 5.26. The number of primary sulfonamides is 1. The van der Waals surface area contributed by atoms with Crippen molar-refractivity contribution in [2.24, 2.45) is 5.14 Å². The number of alkyl halides is 2. The minimum atomic E-state index is -4.00. The molecule has 35 heavy (non-hydrogen) atoms. The Morgan fingerprint density at radius 2 is 1.69 bits per heavy atom. The molecular weight excluding hydrogens is 496 g/mol. The van der Waals surface area contributed by atoms with Crippen LogP contribution in [0.25, 0.3) is 22.3 Å². The molecule has 178 valence electrons. The maximum absolute atomic E-state index is 13.1. The molecule has 4 aromatic carbocycles. The number of hydrogen-bond acceptors (Lipinski definition) is 4. The van der Waals surface area contributed by atoms with Gasteiger partial charge in [-0.25, -0.2) is 13.6 Å². The summed E-state index contributed by atoms with van der Waals surface area (Å²) in [7, 11) is -4.00. The molecule has 0 radical (unpaired) electrons. The number of hydrogen-bond donors (Lipinski definition) is 1. The van der Waals surface area contributed by atoms with E-state index in [1.165, 1.54) is 12.1 Å². The van der Waals surface area contributed by atoms with Gasteiger partial charge in [-0.3, -0.25) is 0 Å². The maximum atomic E-state index is 13.1. The van der Waals surface area contributed by atoms with Gasteiger partial charge in [0.2, 0.25) is 10.0 Å². The zero-order chi connectivity index (χ0) is 24.7. The van der Waals surface area contributed by atoms with Crippen LogP contribution in [0.15, 0.2) is 89.8 Å². The molecule has 0 amide bonds. The van der Waals surface area contributed by atoms with Gasteiger partial charge in [0.15, 0.2) is 0 Å². The van der Waals surface area contributed by atoms with Crippen LogP contribution >= 0.6 is 11.6 Å². The van der Waals surface area contributed by atoms with Crippen molar-refractivity contribution in [1.82, 2.24) is 0 Å². The Kier molecular flexibility index (Phi) is 5.96. The average molecular weight is 514 g/mol. The van der Waals surface area contributed by atoms with E-state index in [1.54, 1.807) is 66.7 Å². The molecule has 0 aliphatic carbocycles. The lowest BCUT2D eigenvalue weighted by atomic mass is 9.87. The van der Waals surface area contributed by atoms with E-state index in [1.807, 2.05) is 6.07 Å². The van der Waals surface area contributed by atoms with Crippen molar-refractivity contribution in [2.75, 3.05) is 0 Å². The van der Waals surface area contributed by atoms with Crippen molar-refractivity contribution in [3.63, 3.8) is 0 Å². The molecule has 1 aliphatic rings. The number of benzene rings is 4. The number of ether oxygens (including phenoxy) is 2. The van der Waals surface area contributed by atoms with Crippen molar-refractivity contribution >= 4 is 21.6 Å². The molecule has 1 aliphatic heterocycles. The van der Waals surface area contributed by atoms with Gasteiger partial charge in [-0.15, -0.1) is 0 Å². The Balaban J connectivity index is 1.76. The van der Waals surface area contributed by atoms with Gasteiger partial charge in [-0.2, -0.15) is 8.78 Å². The van der Waals surface area contributed by atoms with Crippen LogP contribution in [0.5, 0.6) is 11.5 Å². The van der Waals surface area contributed by atoms with Crippen molar-refractivity contribution < 1.29 is 26.7 Å². The molecule has 0 bridgehead atoms. The van der Waals surface area contributed by atoms with E-state index in [0.717, 1.165) is 5.56 Å². The summed E-state index contributed by atoms with van der Waals surface area (Å²) in [5, 5.41) is 5.95. The van der Waals surface area contributed by atoms with Crippen LogP contribution in [0.1, 0.15) is 17.2 Å². The zero-order valence-electron chi connectivity index (χ0n) is 18.0. The standard InChI is InChI=1S/C26H18ClF2NO4S/c27-17-6-3-5-16(13-17)25-20-14-15(18-7-1-2-10-23(18)35(30,31)32)11-12-19(20)24-21(33-25)8-4-9-22(24)34-26(28)29/h1-14,25-26H,(H2,30,31,32). The summed E-state index contributed by atoms with van der Waals surface area (Å²) in [6.45, 7) is -3.02. The highest BCUT2D eigenvalue weighted by Crippen LogP contribution is 2.50. The number of halogens is 3. The van der Waals surface area contributed by atoms with Crippen LogP contribution in [0, 0.1) is 0 Å². The van der Waals surface area contributed by atoms with Crippen LogP contribution in [0.3, 0.4) is 0 Å². The molecule has 2 N–H and O–H groups in total. The quantitative estimate of drug-likeness (QED) is 0.335. The lowest BCUT2D eigenvalue weighted by Gasteiger charge is -2.31. The topological polar surface area (TPSA) is 78.6 Å². The van der Waals surface area contributed by atoms with Crippen molar-refractivity contribution in [3.05, 3.63) is 101 Å². The van der Waals surface area contributed by atoms with E-state index in [0.29, 0.717) is 38.6 Å². The summed E-state index contributed by atoms with van der Waals surface area (Å²) in [5.74, 6) is 0.347. The smallest absolute Gasteiger partial charge is 0.387 e. The van der Waals surface area contributed by atoms with Gasteiger partial charge >= 0.3 is 6.61 Å². The number of nitrogens with two attached hydrogens (primary N) is 1. The molecule has 0 saturated heterocycles. The highest BCUT2D eigenvalue weighted by atomic mass is 35.5. The lowest BCUT2D eigenvalue weighted by molar-refractivity contribution is -0.0496. The summed E-state index contributed by atoms with van der Waals surface area (Å²) in [6, 6.07) is 23.4. The number of sulfonamides is 1. The van der Waals surface area contributed by atoms with Gasteiger partial charge in [0, 0.05) is 16.1 Å². The van der Waals surface area contributed by atoms with Crippen molar-refractivity contribution in [2.45, 2.75) is 17.6 Å². The monoisotopic (exact) mass is 513 g/mol. The van der Waals surface area contributed by atoms with Gasteiger partial charge in [0.25, 0.3) is 0 Å². The molecule has 0 fully saturated rings. The van der Waals surface area contributed by atoms with Crippen LogP contribution in [-0.4, -0.2) is 15.0 Å². The zero-order valence-corrected chi connectivity index (χ0v) is 19.6. The molecule has 0 spiro atoms. The minimum absolute atomic E-state index is 0.0269. The summed E-state index contributed by atoms with van der Waals surface area (Å²) < 4.78 is 61.8. The Bertz CT molecular complexity index is 1540. The normalized spacial score (nSPS) is 14.7. The molecule has 4 aromatic rings. The Morgan fingerprint density at radius 3 is 2.43 bits per heavy atom. The van der Waals surface area contributed by atoms with Gasteiger partial charge in [-0.1, -0.05) is 60.1 Å². The molecular formula is C26H18ClF2NO4S. The predicted molar refractivity (Wildman–Crippen MR) is 129 cm³/mol. The van der Waals surface area contributed by atoms with Gasteiger partial charge < -0.3 is 9.47 Å². The average Bonchev–Trinajstić information content (AvgIpc) is 2.82. The SMILES string of the molecule is NS(=O)(=O)c1ccccc1-c1ccc2c(c1)C(c1cccc(Cl)c1)Oc1cccc(OC(F)F)c1-2. The fourth-order valence-electron chi connectivity index (χ4n) is 4.30. The third-order valence-corrected chi connectivity index (χ3v) is 6.91. The second-order valence-corrected chi connectivity index (χ2v) is 9.87.